The van der Waals surface area contributed by atoms with E-state index in [9.17, 15) is 22.4 Å². The summed E-state index contributed by atoms with van der Waals surface area (Å²) in [5, 5.41) is 0. The van der Waals surface area contributed by atoms with Gasteiger partial charge >= 0.3 is 0 Å². The maximum Gasteiger partial charge on any atom is 0.201 e. The van der Waals surface area contributed by atoms with Crippen molar-refractivity contribution in [3.63, 3.8) is 0 Å². The van der Waals surface area contributed by atoms with Crippen molar-refractivity contribution in [3.8, 4) is 11.5 Å². The highest BCUT2D eigenvalue weighted by atomic mass is 19.2. The maximum atomic E-state index is 14.4. The van der Waals surface area contributed by atoms with Crippen molar-refractivity contribution in [3.05, 3.63) is 58.7 Å². The van der Waals surface area contributed by atoms with Crippen molar-refractivity contribution in [2.75, 3.05) is 13.2 Å². The van der Waals surface area contributed by atoms with Gasteiger partial charge in [0, 0.05) is 5.56 Å². The van der Waals surface area contributed by atoms with E-state index in [1.165, 1.54) is 18.2 Å². The molecule has 0 aromatic heterocycles. The Labute approximate surface area is 166 Å². The van der Waals surface area contributed by atoms with Gasteiger partial charge in [0.15, 0.2) is 29.4 Å². The molecule has 156 valence electrons. The second-order valence-electron chi connectivity index (χ2n) is 7.14. The van der Waals surface area contributed by atoms with Gasteiger partial charge < -0.3 is 9.47 Å². The van der Waals surface area contributed by atoms with Gasteiger partial charge in [-0.2, -0.15) is 8.78 Å². The quantitative estimate of drug-likeness (QED) is 0.427. The Morgan fingerprint density at radius 2 is 1.72 bits per heavy atom. The fourth-order valence-corrected chi connectivity index (χ4v) is 3.77. The number of ether oxygens (including phenoxy) is 2. The van der Waals surface area contributed by atoms with E-state index in [1.54, 1.807) is 6.92 Å². The Hall–Kier alpha value is -2.57. The van der Waals surface area contributed by atoms with Gasteiger partial charge in [0.2, 0.25) is 11.6 Å². The first-order valence-corrected chi connectivity index (χ1v) is 9.62. The third-order valence-corrected chi connectivity index (χ3v) is 5.31. The highest BCUT2D eigenvalue weighted by Gasteiger charge is 2.29. The van der Waals surface area contributed by atoms with Crippen molar-refractivity contribution in [1.29, 1.82) is 0 Å². The summed E-state index contributed by atoms with van der Waals surface area (Å²) in [6.45, 7) is 2.09. The fraction of sp³-hybridized carbons (Fsp3) is 0.409. The lowest BCUT2D eigenvalue weighted by Gasteiger charge is -2.30. The average molecular weight is 410 g/mol. The summed E-state index contributed by atoms with van der Waals surface area (Å²) >= 11 is 0. The van der Waals surface area contributed by atoms with Gasteiger partial charge in [0.05, 0.1) is 18.8 Å². The predicted molar refractivity (Wildman–Crippen MR) is 99.5 cm³/mol. The van der Waals surface area contributed by atoms with Crippen LogP contribution in [0.3, 0.4) is 0 Å². The highest BCUT2D eigenvalue weighted by Crippen LogP contribution is 2.42. The van der Waals surface area contributed by atoms with E-state index in [0.29, 0.717) is 37.5 Å². The molecule has 3 nitrogen and oxygen atoms in total. The molecule has 0 radical (unpaired) electrons. The Balaban J connectivity index is 1.68. The number of benzene rings is 2. The monoisotopic (exact) mass is 410 g/mol. The first kappa shape index (κ1) is 21.1. The third kappa shape index (κ3) is 4.54. The third-order valence-electron chi connectivity index (χ3n) is 5.31. The van der Waals surface area contributed by atoms with Gasteiger partial charge in [0.25, 0.3) is 0 Å². The van der Waals surface area contributed by atoms with Crippen LogP contribution in [-0.2, 0) is 0 Å². The van der Waals surface area contributed by atoms with Crippen LogP contribution in [0.25, 0.3) is 0 Å². The molecular weight excluding hydrogens is 388 g/mol. The Kier molecular flexibility index (Phi) is 6.77. The minimum atomic E-state index is -1.20. The summed E-state index contributed by atoms with van der Waals surface area (Å²) in [6.07, 6.45) is 3.03. The number of hydrogen-bond donors (Lipinski definition) is 0. The van der Waals surface area contributed by atoms with E-state index in [4.69, 9.17) is 9.47 Å². The number of halogens is 4. The molecular formula is C22H22F4O3. The number of hydrogen-bond acceptors (Lipinski definition) is 3. The number of carbonyl (C=O) groups is 1. The predicted octanol–water partition coefficient (Wildman–Crippen LogP) is 5.81. The van der Waals surface area contributed by atoms with Crippen LogP contribution < -0.4 is 9.47 Å². The van der Waals surface area contributed by atoms with E-state index in [0.717, 1.165) is 6.07 Å². The van der Waals surface area contributed by atoms with Gasteiger partial charge in [-0.25, -0.2) is 8.78 Å². The van der Waals surface area contributed by atoms with E-state index < -0.39 is 23.3 Å². The van der Waals surface area contributed by atoms with Crippen LogP contribution in [0, 0.1) is 29.2 Å². The second-order valence-corrected chi connectivity index (χ2v) is 7.14. The van der Waals surface area contributed by atoms with Crippen molar-refractivity contribution in [1.82, 2.24) is 0 Å². The van der Waals surface area contributed by atoms with E-state index >= 15 is 0 Å². The van der Waals surface area contributed by atoms with E-state index in [2.05, 4.69) is 0 Å². The average Bonchev–Trinajstić information content (AvgIpc) is 2.73. The van der Waals surface area contributed by atoms with Crippen LogP contribution in [0.5, 0.6) is 11.5 Å². The normalized spacial score (nSPS) is 19.1. The molecule has 0 spiro atoms. The van der Waals surface area contributed by atoms with Gasteiger partial charge in [-0.1, -0.05) is 6.07 Å². The summed E-state index contributed by atoms with van der Waals surface area (Å²) in [4.78, 5) is 11.1. The molecule has 1 fully saturated rings. The molecule has 2 aromatic carbocycles. The lowest BCUT2D eigenvalue weighted by molar-refractivity contribution is 0.111. The Morgan fingerprint density at radius 3 is 2.38 bits per heavy atom. The topological polar surface area (TPSA) is 35.5 Å². The lowest BCUT2D eigenvalue weighted by atomic mass is 9.78. The van der Waals surface area contributed by atoms with Gasteiger partial charge in [-0.3, -0.25) is 4.79 Å². The van der Waals surface area contributed by atoms with Crippen LogP contribution in [-0.4, -0.2) is 19.5 Å². The number of aldehydes is 1. The summed E-state index contributed by atoms with van der Waals surface area (Å²) < 4.78 is 66.0. The summed E-state index contributed by atoms with van der Waals surface area (Å²) in [5.41, 5.74) is 0.163. The molecule has 1 aliphatic carbocycles. The van der Waals surface area contributed by atoms with Crippen LogP contribution in [0.15, 0.2) is 24.3 Å². The SMILES string of the molecule is CCOc1c(C2CCC(COc3cccc(F)c3F)CC2)cc(C=O)c(F)c1F. The number of rotatable bonds is 7. The molecule has 0 atom stereocenters. The minimum Gasteiger partial charge on any atom is -0.490 e. The Morgan fingerprint density at radius 1 is 1.00 bits per heavy atom. The molecule has 29 heavy (non-hydrogen) atoms. The second kappa shape index (κ2) is 9.29. The van der Waals surface area contributed by atoms with Gasteiger partial charge in [-0.15, -0.1) is 0 Å². The lowest BCUT2D eigenvalue weighted by Crippen LogP contribution is -2.20. The zero-order valence-electron chi connectivity index (χ0n) is 16.0. The zero-order valence-corrected chi connectivity index (χ0v) is 16.0. The molecule has 1 saturated carbocycles. The molecule has 0 unspecified atom stereocenters. The van der Waals surface area contributed by atoms with Gasteiger partial charge in [-0.05, 0) is 62.6 Å². The van der Waals surface area contributed by atoms with Crippen molar-refractivity contribution < 1.29 is 31.8 Å². The summed E-state index contributed by atoms with van der Waals surface area (Å²) in [5.74, 6) is -4.54. The van der Waals surface area contributed by atoms with Crippen molar-refractivity contribution in [2.24, 2.45) is 5.92 Å². The van der Waals surface area contributed by atoms with Crippen LogP contribution in [0.2, 0.25) is 0 Å². The molecule has 0 bridgehead atoms. The maximum absolute atomic E-state index is 14.4. The molecule has 7 heteroatoms. The molecule has 0 N–H and O–H groups in total. The summed E-state index contributed by atoms with van der Waals surface area (Å²) in [7, 11) is 0. The minimum absolute atomic E-state index is 0.0903. The smallest absolute Gasteiger partial charge is 0.201 e. The molecule has 0 saturated heterocycles. The summed E-state index contributed by atoms with van der Waals surface area (Å²) in [6, 6.07) is 5.15. The number of carbonyl (C=O) groups excluding carboxylic acids is 1. The van der Waals surface area contributed by atoms with Crippen LogP contribution >= 0.6 is 0 Å². The standard InChI is InChI=1S/C22H22F4O3/c1-2-28-22-16(10-15(11-27)19(24)21(22)26)14-8-6-13(7-9-14)12-29-18-5-3-4-17(23)20(18)25/h3-5,10-11,13-14H,2,6-9,12H2,1H3. The van der Waals surface area contributed by atoms with Gasteiger partial charge in [0.1, 0.15) is 0 Å². The van der Waals surface area contributed by atoms with Crippen LogP contribution in [0.4, 0.5) is 17.6 Å². The van der Waals surface area contributed by atoms with E-state index in [-0.39, 0.29) is 42.1 Å². The van der Waals surface area contributed by atoms with Crippen molar-refractivity contribution in [2.45, 2.75) is 38.5 Å². The van der Waals surface area contributed by atoms with Crippen LogP contribution in [0.1, 0.15) is 54.4 Å². The molecule has 3 rings (SSSR count). The molecule has 2 aromatic rings. The molecule has 0 aliphatic heterocycles. The largest absolute Gasteiger partial charge is 0.490 e. The zero-order chi connectivity index (χ0) is 21.0. The highest BCUT2D eigenvalue weighted by molar-refractivity contribution is 5.76. The van der Waals surface area contributed by atoms with Crippen molar-refractivity contribution >= 4 is 6.29 Å². The molecule has 0 heterocycles. The fourth-order valence-electron chi connectivity index (χ4n) is 3.77. The van der Waals surface area contributed by atoms with E-state index in [1.807, 2.05) is 0 Å². The molecule has 1 aliphatic rings. The Bertz CT molecular complexity index is 877. The first-order chi connectivity index (χ1) is 14.0. The molecule has 0 amide bonds. The first-order valence-electron chi connectivity index (χ1n) is 9.62.